The maximum atomic E-state index is 12.0. The van der Waals surface area contributed by atoms with Crippen LogP contribution in [0.3, 0.4) is 0 Å². The van der Waals surface area contributed by atoms with E-state index in [0.29, 0.717) is 25.5 Å². The standard InChI is InChI=1S/C14H21N3O2/c18-14(19-8-10-4-2-1-3-5-10)12-6-11-13(7-15-12)17-9-16-11/h9-10,12,15H,1-8H2,(H,16,17). The molecule has 1 fully saturated rings. The average Bonchev–Trinajstić information content (AvgIpc) is 2.93. The molecule has 1 saturated carbocycles. The van der Waals surface area contributed by atoms with E-state index in [0.717, 1.165) is 11.4 Å². The second-order valence-electron chi connectivity index (χ2n) is 5.60. The number of ether oxygens (including phenoxy) is 1. The molecule has 0 radical (unpaired) electrons. The summed E-state index contributed by atoms with van der Waals surface area (Å²) in [7, 11) is 0. The smallest absolute Gasteiger partial charge is 0.323 e. The van der Waals surface area contributed by atoms with Gasteiger partial charge in [0.25, 0.3) is 0 Å². The molecule has 5 heteroatoms. The van der Waals surface area contributed by atoms with Crippen molar-refractivity contribution in [3.05, 3.63) is 17.7 Å². The molecule has 0 bridgehead atoms. The molecule has 1 unspecified atom stereocenters. The van der Waals surface area contributed by atoms with Gasteiger partial charge in [-0.25, -0.2) is 4.98 Å². The Kier molecular flexibility index (Phi) is 3.82. The van der Waals surface area contributed by atoms with Crippen molar-refractivity contribution in [1.29, 1.82) is 0 Å². The average molecular weight is 263 g/mol. The van der Waals surface area contributed by atoms with Crippen molar-refractivity contribution in [1.82, 2.24) is 15.3 Å². The molecule has 1 aliphatic heterocycles. The Morgan fingerprint density at radius 3 is 3.05 bits per heavy atom. The third kappa shape index (κ3) is 2.97. The fourth-order valence-corrected chi connectivity index (χ4v) is 2.99. The van der Waals surface area contributed by atoms with E-state index in [1.54, 1.807) is 6.33 Å². The number of carbonyl (C=O) groups is 1. The van der Waals surface area contributed by atoms with Crippen molar-refractivity contribution in [2.45, 2.75) is 51.1 Å². The predicted octanol–water partition coefficient (Wildman–Crippen LogP) is 1.55. The summed E-state index contributed by atoms with van der Waals surface area (Å²) in [6.45, 7) is 1.25. The van der Waals surface area contributed by atoms with Gasteiger partial charge in [-0.15, -0.1) is 0 Å². The number of nitrogens with one attached hydrogen (secondary N) is 2. The normalized spacial score (nSPS) is 23.9. The highest BCUT2D eigenvalue weighted by Crippen LogP contribution is 2.24. The minimum Gasteiger partial charge on any atom is -0.464 e. The monoisotopic (exact) mass is 263 g/mol. The number of aromatic nitrogens is 2. The minimum atomic E-state index is -0.237. The Hall–Kier alpha value is -1.36. The predicted molar refractivity (Wildman–Crippen MR) is 70.5 cm³/mol. The van der Waals surface area contributed by atoms with Gasteiger partial charge in [0.1, 0.15) is 6.04 Å². The van der Waals surface area contributed by atoms with Crippen molar-refractivity contribution in [2.75, 3.05) is 6.61 Å². The van der Waals surface area contributed by atoms with Crippen LogP contribution in [0.2, 0.25) is 0 Å². The molecule has 2 heterocycles. The summed E-state index contributed by atoms with van der Waals surface area (Å²) in [5.41, 5.74) is 2.06. The van der Waals surface area contributed by atoms with Crippen molar-refractivity contribution in [3.63, 3.8) is 0 Å². The van der Waals surface area contributed by atoms with E-state index in [4.69, 9.17) is 4.74 Å². The molecule has 1 atom stereocenters. The van der Waals surface area contributed by atoms with E-state index >= 15 is 0 Å². The zero-order valence-electron chi connectivity index (χ0n) is 11.2. The van der Waals surface area contributed by atoms with Crippen LogP contribution in [0.15, 0.2) is 6.33 Å². The van der Waals surface area contributed by atoms with Crippen LogP contribution in [0.25, 0.3) is 0 Å². The fraction of sp³-hybridized carbons (Fsp3) is 0.714. The molecule has 5 nitrogen and oxygen atoms in total. The number of nitrogens with zero attached hydrogens (tertiary/aromatic N) is 1. The molecular weight excluding hydrogens is 242 g/mol. The van der Waals surface area contributed by atoms with Crippen LogP contribution < -0.4 is 5.32 Å². The quantitative estimate of drug-likeness (QED) is 0.812. The van der Waals surface area contributed by atoms with Crippen LogP contribution in [0.1, 0.15) is 43.5 Å². The van der Waals surface area contributed by atoms with Gasteiger partial charge in [0.15, 0.2) is 0 Å². The first kappa shape index (κ1) is 12.7. The summed E-state index contributed by atoms with van der Waals surface area (Å²) in [6, 6.07) is -0.237. The van der Waals surface area contributed by atoms with E-state index in [9.17, 15) is 4.79 Å². The van der Waals surface area contributed by atoms with Crippen LogP contribution in [0.5, 0.6) is 0 Å². The first-order valence-electron chi connectivity index (χ1n) is 7.24. The largest absolute Gasteiger partial charge is 0.464 e. The van der Waals surface area contributed by atoms with Gasteiger partial charge in [-0.05, 0) is 18.8 Å². The second kappa shape index (κ2) is 5.74. The van der Waals surface area contributed by atoms with Gasteiger partial charge in [-0.1, -0.05) is 19.3 Å². The summed E-state index contributed by atoms with van der Waals surface area (Å²) >= 11 is 0. The van der Waals surface area contributed by atoms with Crippen LogP contribution in [-0.2, 0) is 22.5 Å². The lowest BCUT2D eigenvalue weighted by Crippen LogP contribution is -2.43. The molecule has 104 valence electrons. The van der Waals surface area contributed by atoms with Gasteiger partial charge in [0, 0.05) is 13.0 Å². The van der Waals surface area contributed by atoms with E-state index in [1.807, 2.05) is 0 Å². The Bertz CT molecular complexity index is 438. The summed E-state index contributed by atoms with van der Waals surface area (Å²) in [5, 5.41) is 3.20. The van der Waals surface area contributed by atoms with Gasteiger partial charge < -0.3 is 9.72 Å². The fourth-order valence-electron chi connectivity index (χ4n) is 2.99. The van der Waals surface area contributed by atoms with Crippen LogP contribution >= 0.6 is 0 Å². The molecule has 2 N–H and O–H groups in total. The van der Waals surface area contributed by atoms with Crippen molar-refractivity contribution < 1.29 is 9.53 Å². The Labute approximate surface area is 113 Å². The first-order valence-corrected chi connectivity index (χ1v) is 7.24. The number of aromatic amines is 1. The molecule has 0 saturated heterocycles. The van der Waals surface area contributed by atoms with Gasteiger partial charge in [-0.3, -0.25) is 10.1 Å². The maximum Gasteiger partial charge on any atom is 0.323 e. The number of fused-ring (bicyclic) bond motifs is 1. The lowest BCUT2D eigenvalue weighted by Gasteiger charge is -2.24. The topological polar surface area (TPSA) is 67.0 Å². The Morgan fingerprint density at radius 2 is 2.21 bits per heavy atom. The van der Waals surface area contributed by atoms with E-state index in [-0.39, 0.29) is 12.0 Å². The van der Waals surface area contributed by atoms with E-state index in [1.165, 1.54) is 32.1 Å². The van der Waals surface area contributed by atoms with Gasteiger partial charge in [0.05, 0.1) is 24.3 Å². The molecule has 1 aromatic rings. The van der Waals surface area contributed by atoms with Crippen LogP contribution in [0, 0.1) is 5.92 Å². The zero-order valence-corrected chi connectivity index (χ0v) is 11.2. The van der Waals surface area contributed by atoms with E-state index < -0.39 is 0 Å². The molecule has 3 rings (SSSR count). The van der Waals surface area contributed by atoms with Gasteiger partial charge in [-0.2, -0.15) is 0 Å². The highest BCUT2D eigenvalue weighted by Gasteiger charge is 2.27. The molecular formula is C14H21N3O2. The number of imidazole rings is 1. The molecule has 2 aliphatic rings. The Balaban J connectivity index is 1.48. The van der Waals surface area contributed by atoms with E-state index in [2.05, 4.69) is 15.3 Å². The Morgan fingerprint density at radius 1 is 1.37 bits per heavy atom. The SMILES string of the molecule is O=C(OCC1CCCCC1)C1Cc2nc[nH]c2CN1. The summed E-state index contributed by atoms with van der Waals surface area (Å²) in [5.74, 6) is 0.446. The van der Waals surface area contributed by atoms with Gasteiger partial charge >= 0.3 is 5.97 Å². The number of H-pyrrole nitrogens is 1. The number of rotatable bonds is 3. The van der Waals surface area contributed by atoms with Crippen LogP contribution in [0.4, 0.5) is 0 Å². The number of hydrogen-bond donors (Lipinski definition) is 2. The number of carbonyl (C=O) groups excluding carboxylic acids is 1. The zero-order chi connectivity index (χ0) is 13.1. The molecule has 0 aromatic carbocycles. The van der Waals surface area contributed by atoms with Crippen LogP contribution in [-0.4, -0.2) is 28.6 Å². The summed E-state index contributed by atoms with van der Waals surface area (Å²) < 4.78 is 5.47. The van der Waals surface area contributed by atoms with Crippen molar-refractivity contribution >= 4 is 5.97 Å². The molecule has 0 spiro atoms. The first-order chi connectivity index (χ1) is 9.33. The summed E-state index contributed by atoms with van der Waals surface area (Å²) in [6.07, 6.45) is 8.60. The molecule has 1 aromatic heterocycles. The third-order valence-electron chi connectivity index (χ3n) is 4.20. The van der Waals surface area contributed by atoms with Crippen molar-refractivity contribution in [3.8, 4) is 0 Å². The highest BCUT2D eigenvalue weighted by atomic mass is 16.5. The van der Waals surface area contributed by atoms with Crippen molar-refractivity contribution in [2.24, 2.45) is 5.92 Å². The maximum absolute atomic E-state index is 12.0. The number of esters is 1. The second-order valence-corrected chi connectivity index (χ2v) is 5.60. The summed E-state index contributed by atoms with van der Waals surface area (Å²) in [4.78, 5) is 19.4. The molecule has 1 aliphatic carbocycles. The highest BCUT2D eigenvalue weighted by molar-refractivity contribution is 5.76. The molecule has 0 amide bonds. The van der Waals surface area contributed by atoms with Gasteiger partial charge in [0.2, 0.25) is 0 Å². The lowest BCUT2D eigenvalue weighted by atomic mass is 9.90. The number of hydrogen-bond acceptors (Lipinski definition) is 4. The minimum absolute atomic E-state index is 0.126. The third-order valence-corrected chi connectivity index (χ3v) is 4.20. The lowest BCUT2D eigenvalue weighted by molar-refractivity contribution is -0.148. The molecule has 19 heavy (non-hydrogen) atoms.